The van der Waals surface area contributed by atoms with Gasteiger partial charge in [0.15, 0.2) is 5.78 Å². The van der Waals surface area contributed by atoms with Gasteiger partial charge in [0.1, 0.15) is 5.75 Å². The summed E-state index contributed by atoms with van der Waals surface area (Å²) in [5, 5.41) is 1.57. The fraction of sp³-hybridized carbons (Fsp3) is 0.133. The van der Waals surface area contributed by atoms with Gasteiger partial charge in [-0.25, -0.2) is 0 Å². The summed E-state index contributed by atoms with van der Waals surface area (Å²) in [4.78, 5) is 12.9. The molecule has 0 fully saturated rings. The molecule has 2 rings (SSSR count). The molecule has 21 heavy (non-hydrogen) atoms. The van der Waals surface area contributed by atoms with Crippen LogP contribution in [0.3, 0.4) is 0 Å². The molecule has 0 unspecified atom stereocenters. The van der Waals surface area contributed by atoms with Crippen LogP contribution in [-0.2, 0) is 0 Å². The van der Waals surface area contributed by atoms with Crippen molar-refractivity contribution in [2.75, 3.05) is 12.9 Å². The maximum absolute atomic E-state index is 12.2. The molecule has 0 aliphatic rings. The van der Waals surface area contributed by atoms with E-state index in [0.717, 1.165) is 4.90 Å². The number of ether oxygens (including phenoxy) is 1. The number of hydrogen-bond donors (Lipinski definition) is 0. The smallest absolute Gasteiger partial charge is 0.173 e. The third-order valence-corrected chi connectivity index (χ3v) is 4.75. The Labute approximate surface area is 142 Å². The van der Waals surface area contributed by atoms with Crippen LogP contribution < -0.4 is 4.74 Å². The van der Waals surface area contributed by atoms with Crippen LogP contribution in [0.4, 0.5) is 0 Å². The van der Waals surface area contributed by atoms with E-state index in [1.54, 1.807) is 36.4 Å². The Kier molecular flexibility index (Phi) is 5.82. The minimum absolute atomic E-state index is 0.0411. The lowest BCUT2D eigenvalue weighted by atomic mass is 10.1. The lowest BCUT2D eigenvalue weighted by molar-refractivity contribution is 0.102. The van der Waals surface area contributed by atoms with Crippen molar-refractivity contribution in [2.45, 2.75) is 4.90 Å². The van der Waals surface area contributed by atoms with Crippen LogP contribution in [0.15, 0.2) is 41.3 Å². The van der Waals surface area contributed by atoms with E-state index in [0.29, 0.717) is 26.4 Å². The third-order valence-electron chi connectivity index (χ3n) is 2.73. The normalized spacial score (nSPS) is 10.5. The Balaban J connectivity index is 2.08. The van der Waals surface area contributed by atoms with E-state index in [4.69, 9.17) is 39.5 Å². The highest BCUT2D eigenvalue weighted by molar-refractivity contribution is 8.00. The van der Waals surface area contributed by atoms with Gasteiger partial charge in [0.2, 0.25) is 0 Å². The van der Waals surface area contributed by atoms with E-state index in [-0.39, 0.29) is 11.5 Å². The van der Waals surface area contributed by atoms with E-state index in [1.807, 2.05) is 0 Å². The molecule has 0 amide bonds. The first kappa shape index (κ1) is 16.5. The summed E-state index contributed by atoms with van der Waals surface area (Å²) in [7, 11) is 1.53. The van der Waals surface area contributed by atoms with Gasteiger partial charge in [0.25, 0.3) is 0 Å². The highest BCUT2D eigenvalue weighted by Crippen LogP contribution is 2.31. The van der Waals surface area contributed by atoms with Gasteiger partial charge in [-0.1, -0.05) is 34.8 Å². The predicted molar refractivity (Wildman–Crippen MR) is 89.5 cm³/mol. The van der Waals surface area contributed by atoms with Crippen LogP contribution in [0, 0.1) is 0 Å². The van der Waals surface area contributed by atoms with Crippen LogP contribution >= 0.6 is 46.6 Å². The van der Waals surface area contributed by atoms with Gasteiger partial charge in [0, 0.05) is 15.5 Å². The SMILES string of the molecule is COc1ccc(C(=O)CSc2cc(Cl)ccc2Cl)cc1Cl. The molecule has 0 N–H and O–H groups in total. The van der Waals surface area contributed by atoms with Crippen LogP contribution in [-0.4, -0.2) is 18.6 Å². The number of ketones is 1. The van der Waals surface area contributed by atoms with E-state index >= 15 is 0 Å². The number of halogens is 3. The molecular formula is C15H11Cl3O2S. The fourth-order valence-electron chi connectivity index (χ4n) is 1.65. The molecule has 0 saturated heterocycles. The first-order valence-electron chi connectivity index (χ1n) is 5.96. The van der Waals surface area contributed by atoms with Crippen molar-refractivity contribution >= 4 is 52.3 Å². The molecular weight excluding hydrogens is 351 g/mol. The molecule has 2 aromatic carbocycles. The molecule has 6 heteroatoms. The standard InChI is InChI=1S/C15H11Cl3O2S/c1-20-14-5-2-9(6-12(14)18)13(19)8-21-15-7-10(16)3-4-11(15)17/h2-7H,8H2,1H3. The zero-order valence-corrected chi connectivity index (χ0v) is 14.1. The summed E-state index contributed by atoms with van der Waals surface area (Å²) in [5.41, 5.74) is 0.534. The molecule has 0 saturated carbocycles. The van der Waals surface area contributed by atoms with Gasteiger partial charge >= 0.3 is 0 Å². The maximum atomic E-state index is 12.2. The topological polar surface area (TPSA) is 26.3 Å². The molecule has 0 bridgehead atoms. The van der Waals surface area contributed by atoms with Crippen molar-refractivity contribution in [1.29, 1.82) is 0 Å². The molecule has 0 radical (unpaired) electrons. The lowest BCUT2D eigenvalue weighted by Gasteiger charge is -2.07. The van der Waals surface area contributed by atoms with E-state index in [1.165, 1.54) is 18.9 Å². The average molecular weight is 362 g/mol. The second kappa shape index (κ2) is 7.41. The van der Waals surface area contributed by atoms with Crippen molar-refractivity contribution in [1.82, 2.24) is 0 Å². The molecule has 0 aliphatic heterocycles. The van der Waals surface area contributed by atoms with Gasteiger partial charge in [-0.05, 0) is 36.4 Å². The summed E-state index contributed by atoms with van der Waals surface area (Å²) in [6, 6.07) is 10.1. The molecule has 0 heterocycles. The number of carbonyl (C=O) groups excluding carboxylic acids is 1. The summed E-state index contributed by atoms with van der Waals surface area (Å²) in [5.74, 6) is 0.752. The van der Waals surface area contributed by atoms with Crippen molar-refractivity contribution in [3.8, 4) is 5.75 Å². The largest absolute Gasteiger partial charge is 0.495 e. The number of thioether (sulfide) groups is 1. The number of methoxy groups -OCH3 is 1. The van der Waals surface area contributed by atoms with Crippen molar-refractivity contribution in [3.63, 3.8) is 0 Å². The Morgan fingerprint density at radius 1 is 1.10 bits per heavy atom. The van der Waals surface area contributed by atoms with E-state index < -0.39 is 0 Å². The van der Waals surface area contributed by atoms with Gasteiger partial charge in [-0.3, -0.25) is 4.79 Å². The Hall–Kier alpha value is -0.870. The number of hydrogen-bond acceptors (Lipinski definition) is 3. The Morgan fingerprint density at radius 3 is 2.52 bits per heavy atom. The summed E-state index contributed by atoms with van der Waals surface area (Å²) >= 11 is 19.3. The molecule has 0 spiro atoms. The summed E-state index contributed by atoms with van der Waals surface area (Å²) in [6.45, 7) is 0. The van der Waals surface area contributed by atoms with Gasteiger partial charge in [-0.2, -0.15) is 0 Å². The fourth-order valence-corrected chi connectivity index (χ4v) is 3.30. The van der Waals surface area contributed by atoms with Crippen molar-refractivity contribution < 1.29 is 9.53 Å². The minimum Gasteiger partial charge on any atom is -0.495 e. The third kappa shape index (κ3) is 4.30. The molecule has 2 aromatic rings. The van der Waals surface area contributed by atoms with Crippen LogP contribution in [0.2, 0.25) is 15.1 Å². The Bertz CT molecular complexity index is 674. The van der Waals surface area contributed by atoms with Crippen LogP contribution in [0.1, 0.15) is 10.4 Å². The highest BCUT2D eigenvalue weighted by Gasteiger charge is 2.11. The second-order valence-electron chi connectivity index (χ2n) is 4.14. The number of Topliss-reactive ketones (excluding diaryl/α,β-unsaturated/α-hetero) is 1. The zero-order valence-electron chi connectivity index (χ0n) is 11.0. The van der Waals surface area contributed by atoms with Crippen LogP contribution in [0.25, 0.3) is 0 Å². The van der Waals surface area contributed by atoms with Gasteiger partial charge in [0.05, 0.1) is 22.9 Å². The van der Waals surface area contributed by atoms with E-state index in [2.05, 4.69) is 0 Å². The van der Waals surface area contributed by atoms with Gasteiger partial charge in [-0.15, -0.1) is 11.8 Å². The van der Waals surface area contributed by atoms with Gasteiger partial charge < -0.3 is 4.74 Å². The number of benzene rings is 2. The summed E-state index contributed by atoms with van der Waals surface area (Å²) < 4.78 is 5.06. The first-order chi connectivity index (χ1) is 10.0. The molecule has 0 aromatic heterocycles. The molecule has 0 atom stereocenters. The quantitative estimate of drug-likeness (QED) is 0.510. The number of rotatable bonds is 5. The first-order valence-corrected chi connectivity index (χ1v) is 8.08. The lowest BCUT2D eigenvalue weighted by Crippen LogP contribution is -2.02. The van der Waals surface area contributed by atoms with Crippen molar-refractivity contribution in [2.24, 2.45) is 0 Å². The maximum Gasteiger partial charge on any atom is 0.173 e. The highest BCUT2D eigenvalue weighted by atomic mass is 35.5. The zero-order chi connectivity index (χ0) is 15.4. The van der Waals surface area contributed by atoms with E-state index in [9.17, 15) is 4.79 Å². The molecule has 2 nitrogen and oxygen atoms in total. The van der Waals surface area contributed by atoms with Crippen molar-refractivity contribution in [3.05, 3.63) is 57.0 Å². The monoisotopic (exact) mass is 360 g/mol. The average Bonchev–Trinajstić information content (AvgIpc) is 2.47. The Morgan fingerprint density at radius 2 is 1.86 bits per heavy atom. The number of carbonyl (C=O) groups is 1. The second-order valence-corrected chi connectivity index (χ2v) is 6.40. The summed E-state index contributed by atoms with van der Waals surface area (Å²) in [6.07, 6.45) is 0. The molecule has 0 aliphatic carbocycles. The minimum atomic E-state index is -0.0411. The van der Waals surface area contributed by atoms with Crippen LogP contribution in [0.5, 0.6) is 5.75 Å². The molecule has 110 valence electrons. The predicted octanol–water partition coefficient (Wildman–Crippen LogP) is 5.63.